The van der Waals surface area contributed by atoms with E-state index in [1.54, 1.807) is 0 Å². The Hall–Kier alpha value is -2.51. The summed E-state index contributed by atoms with van der Waals surface area (Å²) in [5.41, 5.74) is 2.52. The third-order valence-corrected chi connectivity index (χ3v) is 5.01. The van der Waals surface area contributed by atoms with Crippen molar-refractivity contribution in [3.05, 3.63) is 78.9 Å². The van der Waals surface area contributed by atoms with Gasteiger partial charge in [-0.3, -0.25) is 0 Å². The molecule has 0 aliphatic carbocycles. The summed E-state index contributed by atoms with van der Waals surface area (Å²) in [4.78, 5) is 0.992. The van der Waals surface area contributed by atoms with Crippen LogP contribution in [0.25, 0.3) is 43.4 Å². The lowest BCUT2D eigenvalue weighted by Gasteiger charge is -2.14. The van der Waals surface area contributed by atoms with Crippen molar-refractivity contribution in [2.75, 3.05) is 0 Å². The van der Waals surface area contributed by atoms with E-state index in [1.165, 1.54) is 43.4 Å². The van der Waals surface area contributed by atoms with E-state index in [-0.39, 0.29) is 0 Å². The van der Waals surface area contributed by atoms with E-state index in [0.29, 0.717) is 0 Å². The molecule has 0 unspecified atom stereocenters. The van der Waals surface area contributed by atoms with Crippen LogP contribution in [0.5, 0.6) is 0 Å². The number of thiol groups is 1. The smallest absolute Gasteiger partial charge is 0.00404 e. The molecule has 0 nitrogen and oxygen atoms in total. The zero-order chi connectivity index (χ0) is 15.4. The molecule has 5 aromatic rings. The molecule has 0 amide bonds. The summed E-state index contributed by atoms with van der Waals surface area (Å²) >= 11 is 4.40. The first-order valence-electron chi connectivity index (χ1n) is 7.77. The number of rotatable bonds is 1. The van der Waals surface area contributed by atoms with Crippen LogP contribution in [-0.2, 0) is 0 Å². The van der Waals surface area contributed by atoms with E-state index in [4.69, 9.17) is 0 Å². The van der Waals surface area contributed by atoms with Gasteiger partial charge in [0.1, 0.15) is 0 Å². The van der Waals surface area contributed by atoms with Crippen LogP contribution >= 0.6 is 12.6 Å². The van der Waals surface area contributed by atoms with Gasteiger partial charge in [0.25, 0.3) is 0 Å². The minimum absolute atomic E-state index is 0.992. The van der Waals surface area contributed by atoms with E-state index in [1.807, 2.05) is 0 Å². The van der Waals surface area contributed by atoms with Crippen LogP contribution in [-0.4, -0.2) is 0 Å². The Balaban J connectivity index is 1.96. The standard InChI is InChI=1S/C22H14S/c23-18-10-6-14(7-11-18)19-12-8-17-5-4-15-2-1-3-16-9-13-20(19)22(17)21(15)16/h1-13,23H. The molecule has 0 N–H and O–H groups in total. The van der Waals surface area contributed by atoms with Crippen molar-refractivity contribution in [1.29, 1.82) is 0 Å². The topological polar surface area (TPSA) is 0 Å². The molecule has 0 fully saturated rings. The molecule has 0 bridgehead atoms. The Morgan fingerprint density at radius 1 is 0.522 bits per heavy atom. The van der Waals surface area contributed by atoms with Crippen LogP contribution < -0.4 is 0 Å². The number of hydrogen-bond acceptors (Lipinski definition) is 1. The lowest BCUT2D eigenvalue weighted by atomic mass is 9.90. The van der Waals surface area contributed by atoms with Gasteiger partial charge >= 0.3 is 0 Å². The van der Waals surface area contributed by atoms with Crippen LogP contribution in [0.4, 0.5) is 0 Å². The molecule has 0 saturated heterocycles. The van der Waals surface area contributed by atoms with Crippen LogP contribution in [0.1, 0.15) is 0 Å². The number of benzene rings is 5. The molecule has 0 heterocycles. The average molecular weight is 310 g/mol. The first-order chi connectivity index (χ1) is 11.3. The first-order valence-corrected chi connectivity index (χ1v) is 8.22. The lowest BCUT2D eigenvalue weighted by molar-refractivity contribution is 1.48. The van der Waals surface area contributed by atoms with E-state index in [2.05, 4.69) is 91.5 Å². The van der Waals surface area contributed by atoms with Crippen molar-refractivity contribution >= 4 is 44.9 Å². The quantitative estimate of drug-likeness (QED) is 0.264. The maximum Gasteiger partial charge on any atom is 0.00404 e. The van der Waals surface area contributed by atoms with Gasteiger partial charge in [-0.15, -0.1) is 12.6 Å². The Labute approximate surface area is 140 Å². The van der Waals surface area contributed by atoms with Gasteiger partial charge in [-0.05, 0) is 55.6 Å². The molecule has 23 heavy (non-hydrogen) atoms. The summed E-state index contributed by atoms with van der Waals surface area (Å²) in [5, 5.41) is 7.98. The highest BCUT2D eigenvalue weighted by atomic mass is 32.1. The third-order valence-electron chi connectivity index (χ3n) is 4.71. The molecule has 0 saturated carbocycles. The second-order valence-electron chi connectivity index (χ2n) is 6.02. The normalized spacial score (nSPS) is 11.7. The van der Waals surface area contributed by atoms with Gasteiger partial charge in [-0.1, -0.05) is 66.7 Å². The molecule has 0 aliphatic heterocycles. The Morgan fingerprint density at radius 2 is 1.13 bits per heavy atom. The maximum atomic E-state index is 4.40. The van der Waals surface area contributed by atoms with Gasteiger partial charge in [-0.25, -0.2) is 0 Å². The third kappa shape index (κ3) is 1.87. The summed E-state index contributed by atoms with van der Waals surface area (Å²) in [5.74, 6) is 0. The molecule has 5 aromatic carbocycles. The van der Waals surface area contributed by atoms with Gasteiger partial charge in [0, 0.05) is 4.90 Å². The fraction of sp³-hybridized carbons (Fsp3) is 0. The van der Waals surface area contributed by atoms with Gasteiger partial charge in [-0.2, -0.15) is 0 Å². The molecule has 108 valence electrons. The highest BCUT2D eigenvalue weighted by Crippen LogP contribution is 2.39. The summed E-state index contributed by atoms with van der Waals surface area (Å²) in [7, 11) is 0. The maximum absolute atomic E-state index is 4.40. The highest BCUT2D eigenvalue weighted by Gasteiger charge is 2.11. The molecular weight excluding hydrogens is 296 g/mol. The van der Waals surface area contributed by atoms with Gasteiger partial charge in [0.05, 0.1) is 0 Å². The molecule has 0 radical (unpaired) electrons. The molecule has 0 aliphatic rings. The first kappa shape index (κ1) is 13.0. The summed E-state index contributed by atoms with van der Waals surface area (Å²) in [6.45, 7) is 0. The van der Waals surface area contributed by atoms with Crippen molar-refractivity contribution in [3.63, 3.8) is 0 Å². The molecular formula is C22H14S. The Bertz CT molecular complexity index is 1140. The second-order valence-corrected chi connectivity index (χ2v) is 6.53. The summed E-state index contributed by atoms with van der Waals surface area (Å²) < 4.78 is 0. The van der Waals surface area contributed by atoms with Gasteiger partial charge < -0.3 is 0 Å². The fourth-order valence-corrected chi connectivity index (χ4v) is 3.78. The molecule has 0 atom stereocenters. The predicted molar refractivity (Wildman–Crippen MR) is 103 cm³/mol. The number of hydrogen-bond donors (Lipinski definition) is 1. The van der Waals surface area contributed by atoms with Crippen molar-refractivity contribution in [2.45, 2.75) is 4.90 Å². The van der Waals surface area contributed by atoms with Crippen LogP contribution in [0.2, 0.25) is 0 Å². The zero-order valence-corrected chi connectivity index (χ0v) is 13.3. The SMILES string of the molecule is Sc1ccc(-c2ccc3ccc4cccc5ccc2c3c45)cc1. The zero-order valence-electron chi connectivity index (χ0n) is 12.5. The summed E-state index contributed by atoms with van der Waals surface area (Å²) in [6, 6.07) is 28.3. The lowest BCUT2D eigenvalue weighted by Crippen LogP contribution is -1.87. The highest BCUT2D eigenvalue weighted by molar-refractivity contribution is 7.80. The fourth-order valence-electron chi connectivity index (χ4n) is 3.63. The van der Waals surface area contributed by atoms with Gasteiger partial charge in [0.15, 0.2) is 0 Å². The molecule has 0 spiro atoms. The van der Waals surface area contributed by atoms with E-state index in [0.717, 1.165) is 4.90 Å². The largest absolute Gasteiger partial charge is 0.143 e. The van der Waals surface area contributed by atoms with E-state index in [9.17, 15) is 0 Å². The predicted octanol–water partition coefficient (Wildman–Crippen LogP) is 6.54. The van der Waals surface area contributed by atoms with Crippen molar-refractivity contribution < 1.29 is 0 Å². The van der Waals surface area contributed by atoms with Crippen molar-refractivity contribution in [3.8, 4) is 11.1 Å². The monoisotopic (exact) mass is 310 g/mol. The van der Waals surface area contributed by atoms with E-state index < -0.39 is 0 Å². The average Bonchev–Trinajstić information content (AvgIpc) is 2.60. The molecule has 0 aromatic heterocycles. The minimum Gasteiger partial charge on any atom is -0.143 e. The van der Waals surface area contributed by atoms with Crippen LogP contribution in [0, 0.1) is 0 Å². The van der Waals surface area contributed by atoms with Crippen molar-refractivity contribution in [2.24, 2.45) is 0 Å². The van der Waals surface area contributed by atoms with Crippen LogP contribution in [0.3, 0.4) is 0 Å². The Morgan fingerprint density at radius 3 is 1.87 bits per heavy atom. The van der Waals surface area contributed by atoms with Crippen molar-refractivity contribution in [1.82, 2.24) is 0 Å². The minimum atomic E-state index is 0.992. The molecule has 1 heteroatoms. The molecule has 5 rings (SSSR count). The Kier molecular flexibility index (Phi) is 2.67. The summed E-state index contributed by atoms with van der Waals surface area (Å²) in [6.07, 6.45) is 0. The van der Waals surface area contributed by atoms with E-state index >= 15 is 0 Å². The second kappa shape index (κ2) is 4.74. The van der Waals surface area contributed by atoms with Crippen LogP contribution in [0.15, 0.2) is 83.8 Å². The van der Waals surface area contributed by atoms with Gasteiger partial charge in [0.2, 0.25) is 0 Å².